The first-order chi connectivity index (χ1) is 11.8. The molecule has 0 bridgehead atoms. The van der Waals surface area contributed by atoms with Gasteiger partial charge in [0.05, 0.1) is 5.01 Å². The third kappa shape index (κ3) is 3.01. The van der Waals surface area contributed by atoms with Crippen molar-refractivity contribution in [3.05, 3.63) is 52.2 Å². The number of fused-ring (bicyclic) bond motifs is 1. The summed E-state index contributed by atoms with van der Waals surface area (Å²) in [7, 11) is 2.11. The highest BCUT2D eigenvalue weighted by Gasteiger charge is 2.22. The van der Waals surface area contributed by atoms with Gasteiger partial charge in [-0.1, -0.05) is 6.07 Å². The summed E-state index contributed by atoms with van der Waals surface area (Å²) >= 11 is 1.71. The molecule has 0 aliphatic heterocycles. The minimum absolute atomic E-state index is 0.729. The van der Waals surface area contributed by atoms with E-state index in [4.69, 9.17) is 9.97 Å². The number of likely N-dealkylation sites (N-methyl/N-ethyl adjacent to an activating group) is 1. The monoisotopic (exact) mass is 337 g/mol. The molecule has 3 aromatic heterocycles. The van der Waals surface area contributed by atoms with Crippen LogP contribution < -0.4 is 4.90 Å². The van der Waals surface area contributed by atoms with E-state index in [-0.39, 0.29) is 0 Å². The zero-order valence-corrected chi connectivity index (χ0v) is 14.5. The molecule has 0 fully saturated rings. The standard InChI is InChI=1S/C18H19N5S/c1-23(11-8-16-20-10-12-24-16)18-13-5-4-7-14(13)21-17(22-18)15-6-2-3-9-19-15/h2-3,6,9-10,12H,4-5,7-8,11H2,1H3. The van der Waals surface area contributed by atoms with Crippen LogP contribution >= 0.6 is 11.3 Å². The van der Waals surface area contributed by atoms with Gasteiger partial charge in [-0.25, -0.2) is 15.0 Å². The molecule has 0 spiro atoms. The molecular weight excluding hydrogens is 318 g/mol. The van der Waals surface area contributed by atoms with Crippen molar-refractivity contribution in [3.63, 3.8) is 0 Å². The molecule has 3 aromatic rings. The van der Waals surface area contributed by atoms with E-state index in [0.717, 1.165) is 54.6 Å². The number of thiazole rings is 1. The lowest BCUT2D eigenvalue weighted by atomic mass is 10.2. The summed E-state index contributed by atoms with van der Waals surface area (Å²) in [6.07, 6.45) is 7.84. The second-order valence-electron chi connectivity index (χ2n) is 5.96. The summed E-state index contributed by atoms with van der Waals surface area (Å²) in [5.74, 6) is 1.78. The molecule has 3 heterocycles. The number of rotatable bonds is 5. The maximum Gasteiger partial charge on any atom is 0.180 e. The third-order valence-electron chi connectivity index (χ3n) is 4.31. The van der Waals surface area contributed by atoms with Gasteiger partial charge < -0.3 is 4.90 Å². The SMILES string of the molecule is CN(CCc1nccs1)c1nc(-c2ccccn2)nc2c1CCC2. The van der Waals surface area contributed by atoms with Crippen molar-refractivity contribution in [2.45, 2.75) is 25.7 Å². The van der Waals surface area contributed by atoms with Crippen LogP contribution in [-0.2, 0) is 19.3 Å². The molecule has 5 nitrogen and oxygen atoms in total. The molecule has 0 aromatic carbocycles. The van der Waals surface area contributed by atoms with Crippen LogP contribution in [0.2, 0.25) is 0 Å². The van der Waals surface area contributed by atoms with Gasteiger partial charge in [-0.15, -0.1) is 11.3 Å². The molecule has 1 aliphatic rings. The van der Waals surface area contributed by atoms with Crippen LogP contribution in [0.3, 0.4) is 0 Å². The quantitative estimate of drug-likeness (QED) is 0.716. The Hall–Kier alpha value is -2.34. The number of pyridine rings is 1. The fraction of sp³-hybridized carbons (Fsp3) is 0.333. The smallest absolute Gasteiger partial charge is 0.180 e. The lowest BCUT2D eigenvalue weighted by Crippen LogP contribution is -2.23. The first-order valence-electron chi connectivity index (χ1n) is 8.22. The molecule has 0 amide bonds. The summed E-state index contributed by atoms with van der Waals surface area (Å²) < 4.78 is 0. The fourth-order valence-corrected chi connectivity index (χ4v) is 3.69. The summed E-state index contributed by atoms with van der Waals surface area (Å²) in [5, 5.41) is 3.19. The predicted molar refractivity (Wildman–Crippen MR) is 96.4 cm³/mol. The zero-order valence-electron chi connectivity index (χ0n) is 13.6. The molecular formula is C18H19N5S. The lowest BCUT2D eigenvalue weighted by Gasteiger charge is -2.21. The van der Waals surface area contributed by atoms with Gasteiger partial charge in [0.2, 0.25) is 0 Å². The van der Waals surface area contributed by atoms with Crippen molar-refractivity contribution >= 4 is 17.2 Å². The average molecular weight is 337 g/mol. The van der Waals surface area contributed by atoms with Crippen molar-refractivity contribution in [3.8, 4) is 11.5 Å². The Morgan fingerprint density at radius 2 is 2.08 bits per heavy atom. The van der Waals surface area contributed by atoms with Crippen LogP contribution in [0.5, 0.6) is 0 Å². The van der Waals surface area contributed by atoms with E-state index in [1.807, 2.05) is 29.8 Å². The Morgan fingerprint density at radius 3 is 2.88 bits per heavy atom. The Morgan fingerprint density at radius 1 is 1.12 bits per heavy atom. The number of anilines is 1. The first-order valence-corrected chi connectivity index (χ1v) is 9.10. The van der Waals surface area contributed by atoms with Crippen LogP contribution in [0.1, 0.15) is 22.7 Å². The molecule has 4 rings (SSSR count). The molecule has 24 heavy (non-hydrogen) atoms. The van der Waals surface area contributed by atoms with Crippen LogP contribution in [0, 0.1) is 0 Å². The molecule has 0 unspecified atom stereocenters. The van der Waals surface area contributed by atoms with Crippen LogP contribution in [-0.4, -0.2) is 33.5 Å². The van der Waals surface area contributed by atoms with Gasteiger partial charge in [0.25, 0.3) is 0 Å². The van der Waals surface area contributed by atoms with Crippen LogP contribution in [0.15, 0.2) is 36.0 Å². The number of aromatic nitrogens is 4. The molecule has 1 aliphatic carbocycles. The Bertz CT molecular complexity index is 817. The number of aryl methyl sites for hydroxylation is 1. The molecule has 0 N–H and O–H groups in total. The number of hydrogen-bond donors (Lipinski definition) is 0. The molecule has 0 saturated heterocycles. The fourth-order valence-electron chi connectivity index (χ4n) is 3.08. The largest absolute Gasteiger partial charge is 0.359 e. The van der Waals surface area contributed by atoms with Gasteiger partial charge >= 0.3 is 0 Å². The van der Waals surface area contributed by atoms with Gasteiger partial charge in [-0.2, -0.15) is 0 Å². The molecule has 6 heteroatoms. The van der Waals surface area contributed by atoms with E-state index < -0.39 is 0 Å². The van der Waals surface area contributed by atoms with Gasteiger partial charge in [-0.3, -0.25) is 4.98 Å². The van der Waals surface area contributed by atoms with Crippen molar-refractivity contribution in [1.29, 1.82) is 0 Å². The van der Waals surface area contributed by atoms with Crippen LogP contribution in [0.25, 0.3) is 11.5 Å². The predicted octanol–water partition coefficient (Wildman–Crippen LogP) is 3.16. The van der Waals surface area contributed by atoms with Crippen molar-refractivity contribution in [2.75, 3.05) is 18.5 Å². The highest BCUT2D eigenvalue weighted by molar-refractivity contribution is 7.09. The third-order valence-corrected chi connectivity index (χ3v) is 5.15. The average Bonchev–Trinajstić information content (AvgIpc) is 3.31. The molecule has 0 saturated carbocycles. The lowest BCUT2D eigenvalue weighted by molar-refractivity contribution is 0.839. The van der Waals surface area contributed by atoms with E-state index in [1.165, 1.54) is 11.3 Å². The highest BCUT2D eigenvalue weighted by atomic mass is 32.1. The summed E-state index contributed by atoms with van der Waals surface area (Å²) in [4.78, 5) is 20.6. The normalized spacial score (nSPS) is 13.0. The summed E-state index contributed by atoms with van der Waals surface area (Å²) in [5.41, 5.74) is 3.32. The Balaban J connectivity index is 1.65. The Labute approximate surface area is 145 Å². The summed E-state index contributed by atoms with van der Waals surface area (Å²) in [6.45, 7) is 0.901. The maximum atomic E-state index is 4.85. The Kier molecular flexibility index (Phi) is 4.21. The van der Waals surface area contributed by atoms with Crippen LogP contribution in [0.4, 0.5) is 5.82 Å². The maximum absolute atomic E-state index is 4.85. The van der Waals surface area contributed by atoms with Crippen molar-refractivity contribution in [1.82, 2.24) is 19.9 Å². The van der Waals surface area contributed by atoms with Crippen molar-refractivity contribution < 1.29 is 0 Å². The topological polar surface area (TPSA) is 54.8 Å². The molecule has 0 radical (unpaired) electrons. The van der Waals surface area contributed by atoms with E-state index in [2.05, 4.69) is 21.9 Å². The van der Waals surface area contributed by atoms with E-state index >= 15 is 0 Å². The van der Waals surface area contributed by atoms with E-state index in [1.54, 1.807) is 17.5 Å². The number of hydrogen-bond acceptors (Lipinski definition) is 6. The van der Waals surface area contributed by atoms with Crippen molar-refractivity contribution in [2.24, 2.45) is 0 Å². The van der Waals surface area contributed by atoms with Gasteiger partial charge in [0, 0.05) is 49.0 Å². The van der Waals surface area contributed by atoms with Gasteiger partial charge in [0.15, 0.2) is 5.82 Å². The second kappa shape index (κ2) is 6.65. The van der Waals surface area contributed by atoms with Gasteiger partial charge in [0.1, 0.15) is 11.5 Å². The second-order valence-corrected chi connectivity index (χ2v) is 6.94. The molecule has 122 valence electrons. The van der Waals surface area contributed by atoms with E-state index in [9.17, 15) is 0 Å². The first kappa shape index (κ1) is 15.2. The molecule has 0 atom stereocenters. The minimum Gasteiger partial charge on any atom is -0.359 e. The minimum atomic E-state index is 0.729. The zero-order chi connectivity index (χ0) is 16.4. The highest BCUT2D eigenvalue weighted by Crippen LogP contribution is 2.30. The number of nitrogens with zero attached hydrogens (tertiary/aromatic N) is 5. The summed E-state index contributed by atoms with van der Waals surface area (Å²) in [6, 6.07) is 5.86. The van der Waals surface area contributed by atoms with Gasteiger partial charge in [-0.05, 0) is 31.4 Å². The van der Waals surface area contributed by atoms with E-state index in [0.29, 0.717) is 0 Å².